The van der Waals surface area contributed by atoms with Gasteiger partial charge in [0, 0.05) is 35.3 Å². The number of nitrogens with zero attached hydrogens (tertiary/aromatic N) is 2. The Morgan fingerprint density at radius 1 is 1.35 bits per heavy atom. The number of amides is 3. The fourth-order valence-corrected chi connectivity index (χ4v) is 3.89. The number of rotatable bonds is 2. The third-order valence-electron chi connectivity index (χ3n) is 4.23. The molecule has 0 aromatic rings. The van der Waals surface area contributed by atoms with Gasteiger partial charge in [-0.2, -0.15) is 4.36 Å². The van der Waals surface area contributed by atoms with Crippen LogP contribution in [0.5, 0.6) is 0 Å². The molecule has 0 unspecified atom stereocenters. The van der Waals surface area contributed by atoms with Crippen molar-refractivity contribution >= 4 is 21.7 Å². The summed E-state index contributed by atoms with van der Waals surface area (Å²) in [6.45, 7) is 5.80. The fraction of sp³-hybridized carbons (Fsp3) is 0.846. The number of hydrogen-bond donors (Lipinski definition) is 1. The number of carbonyl (C=O) groups is 2. The lowest BCUT2D eigenvalue weighted by atomic mass is 9.57. The zero-order valence-electron chi connectivity index (χ0n) is 12.5. The van der Waals surface area contributed by atoms with Gasteiger partial charge in [0.1, 0.15) is 6.54 Å². The maximum Gasteiger partial charge on any atom is 0.317 e. The van der Waals surface area contributed by atoms with Crippen LogP contribution in [0.3, 0.4) is 0 Å². The Kier molecular flexibility index (Phi) is 3.83. The Hall–Kier alpha value is -1.11. The van der Waals surface area contributed by atoms with Gasteiger partial charge in [0.2, 0.25) is 0 Å². The van der Waals surface area contributed by atoms with Crippen molar-refractivity contribution in [3.63, 3.8) is 0 Å². The number of fused-ring (bicyclic) bond motifs is 1. The van der Waals surface area contributed by atoms with Crippen molar-refractivity contribution < 1.29 is 13.8 Å². The minimum Gasteiger partial charge on any atom is -0.329 e. The predicted molar refractivity (Wildman–Crippen MR) is 77.8 cm³/mol. The zero-order valence-corrected chi connectivity index (χ0v) is 13.3. The topological polar surface area (TPSA) is 78.8 Å². The van der Waals surface area contributed by atoms with Gasteiger partial charge in [-0.05, 0) is 23.7 Å². The molecule has 2 fully saturated rings. The lowest BCUT2D eigenvalue weighted by molar-refractivity contribution is -0.116. The summed E-state index contributed by atoms with van der Waals surface area (Å²) in [5.41, 5.74) is 0.320. The third-order valence-corrected chi connectivity index (χ3v) is 4.88. The van der Waals surface area contributed by atoms with Crippen LogP contribution in [0, 0.1) is 17.3 Å². The minimum atomic E-state index is -2.45. The highest BCUT2D eigenvalue weighted by molar-refractivity contribution is 7.92. The van der Waals surface area contributed by atoms with Gasteiger partial charge in [-0.15, -0.1) is 0 Å². The Balaban J connectivity index is 1.83. The van der Waals surface area contributed by atoms with Gasteiger partial charge in [0.15, 0.2) is 0 Å². The van der Waals surface area contributed by atoms with Gasteiger partial charge in [-0.1, -0.05) is 13.8 Å². The summed E-state index contributed by atoms with van der Waals surface area (Å²) >= 11 is 0. The molecule has 20 heavy (non-hydrogen) atoms. The van der Waals surface area contributed by atoms with Gasteiger partial charge in [0.05, 0.1) is 0 Å². The molecule has 1 aliphatic carbocycles. The van der Waals surface area contributed by atoms with Crippen molar-refractivity contribution in [3.05, 3.63) is 0 Å². The Bertz CT molecular complexity index is 541. The number of nitrogens with one attached hydrogen (secondary N) is 1. The molecule has 2 aliphatic rings. The molecule has 7 heteroatoms. The van der Waals surface area contributed by atoms with Crippen LogP contribution in [-0.2, 0) is 14.5 Å². The fourth-order valence-electron chi connectivity index (χ4n) is 3.34. The first kappa shape index (κ1) is 15.3. The van der Waals surface area contributed by atoms with E-state index in [1.165, 1.54) is 12.5 Å². The van der Waals surface area contributed by atoms with E-state index in [0.717, 1.165) is 19.5 Å². The van der Waals surface area contributed by atoms with E-state index in [-0.39, 0.29) is 12.6 Å². The summed E-state index contributed by atoms with van der Waals surface area (Å²) < 4.78 is 14.9. The number of carbonyl (C=O) groups excluding carboxylic acids is 2. The van der Waals surface area contributed by atoms with E-state index in [0.29, 0.717) is 17.3 Å². The van der Waals surface area contributed by atoms with Crippen LogP contribution in [-0.4, -0.2) is 53.2 Å². The summed E-state index contributed by atoms with van der Waals surface area (Å²) in [5.74, 6) is 0.621. The van der Waals surface area contributed by atoms with Gasteiger partial charge < -0.3 is 10.2 Å². The number of hydrogen-bond acceptors (Lipinski definition) is 3. The molecule has 3 amide bonds. The van der Waals surface area contributed by atoms with Crippen LogP contribution in [0.2, 0.25) is 0 Å². The average Bonchev–Trinajstić information content (AvgIpc) is 2.63. The normalized spacial score (nSPS) is 27.5. The Labute approximate surface area is 120 Å². The highest BCUT2D eigenvalue weighted by atomic mass is 32.2. The van der Waals surface area contributed by atoms with Crippen LogP contribution >= 0.6 is 0 Å². The first-order valence-corrected chi connectivity index (χ1v) is 9.14. The van der Waals surface area contributed by atoms with Gasteiger partial charge in [0.25, 0.3) is 5.91 Å². The Morgan fingerprint density at radius 3 is 2.50 bits per heavy atom. The largest absolute Gasteiger partial charge is 0.329 e. The highest BCUT2D eigenvalue weighted by Gasteiger charge is 2.52. The second kappa shape index (κ2) is 5.02. The van der Waals surface area contributed by atoms with E-state index in [2.05, 4.69) is 23.5 Å². The van der Waals surface area contributed by atoms with Crippen molar-refractivity contribution in [1.29, 1.82) is 0 Å². The van der Waals surface area contributed by atoms with Crippen LogP contribution < -0.4 is 5.32 Å². The van der Waals surface area contributed by atoms with Crippen molar-refractivity contribution in [2.45, 2.75) is 20.3 Å². The predicted octanol–water partition coefficient (Wildman–Crippen LogP) is 0.928. The van der Waals surface area contributed by atoms with Crippen molar-refractivity contribution in [3.8, 4) is 0 Å². The highest BCUT2D eigenvalue weighted by Crippen LogP contribution is 2.54. The molecule has 0 aromatic heterocycles. The summed E-state index contributed by atoms with van der Waals surface area (Å²) in [7, 11) is -2.45. The average molecular weight is 301 g/mol. The van der Waals surface area contributed by atoms with Crippen LogP contribution in [0.15, 0.2) is 4.36 Å². The molecule has 2 atom stereocenters. The smallest absolute Gasteiger partial charge is 0.317 e. The van der Waals surface area contributed by atoms with Gasteiger partial charge in [-0.3, -0.25) is 4.79 Å². The van der Waals surface area contributed by atoms with Crippen LogP contribution in [0.1, 0.15) is 20.3 Å². The van der Waals surface area contributed by atoms with E-state index in [9.17, 15) is 13.8 Å². The van der Waals surface area contributed by atoms with E-state index in [1.54, 1.807) is 4.90 Å². The van der Waals surface area contributed by atoms with Crippen molar-refractivity contribution in [2.75, 3.05) is 32.1 Å². The second-order valence-electron chi connectivity index (χ2n) is 6.79. The maximum absolute atomic E-state index is 12.0. The first-order valence-electron chi connectivity index (χ1n) is 6.81. The standard InChI is InChI=1S/C13H23N3O3S/c1-13(2)5-9-7-16(8-10(9)13)12(18)14-6-11(17)15-20(3,4)19/h9-10H,5-8H2,1-4H3,(H,14,18)/t9-,10+/m1/s1. The number of likely N-dealkylation sites (tertiary alicyclic amines) is 1. The molecule has 1 heterocycles. The molecule has 1 saturated carbocycles. The molecular weight excluding hydrogens is 278 g/mol. The van der Waals surface area contributed by atoms with Crippen LogP contribution in [0.25, 0.3) is 0 Å². The zero-order chi connectivity index (χ0) is 15.1. The SMILES string of the molecule is CC1(C)C[C@@H]2CN(C(=O)NCC(=O)N=S(C)(C)=O)C[C@@H]21. The summed E-state index contributed by atoms with van der Waals surface area (Å²) in [6, 6.07) is -0.225. The Morgan fingerprint density at radius 2 is 2.00 bits per heavy atom. The van der Waals surface area contributed by atoms with Crippen molar-refractivity contribution in [2.24, 2.45) is 21.6 Å². The second-order valence-corrected chi connectivity index (χ2v) is 9.33. The molecule has 114 valence electrons. The molecule has 0 spiro atoms. The van der Waals surface area contributed by atoms with Gasteiger partial charge >= 0.3 is 6.03 Å². The monoisotopic (exact) mass is 301 g/mol. The third kappa shape index (κ3) is 3.31. The molecule has 1 N–H and O–H groups in total. The maximum atomic E-state index is 12.0. The minimum absolute atomic E-state index is 0.188. The lowest BCUT2D eigenvalue weighted by Crippen LogP contribution is -2.43. The molecule has 1 aliphatic heterocycles. The summed E-state index contributed by atoms with van der Waals surface area (Å²) in [5, 5.41) is 2.56. The molecule has 6 nitrogen and oxygen atoms in total. The quantitative estimate of drug-likeness (QED) is 0.824. The molecule has 2 rings (SSSR count). The molecule has 0 radical (unpaired) electrons. The molecule has 0 bridgehead atoms. The number of urea groups is 1. The summed E-state index contributed by atoms with van der Waals surface area (Å²) in [6.07, 6.45) is 3.95. The first-order chi connectivity index (χ1) is 9.08. The summed E-state index contributed by atoms with van der Waals surface area (Å²) in [4.78, 5) is 25.2. The van der Waals surface area contributed by atoms with Gasteiger partial charge in [-0.25, -0.2) is 9.00 Å². The van der Waals surface area contributed by atoms with E-state index in [4.69, 9.17) is 0 Å². The molecular formula is C13H23N3O3S. The van der Waals surface area contributed by atoms with Crippen molar-refractivity contribution in [1.82, 2.24) is 10.2 Å². The molecule has 0 aromatic carbocycles. The molecule has 1 saturated heterocycles. The van der Waals surface area contributed by atoms with Crippen LogP contribution in [0.4, 0.5) is 4.79 Å². The van der Waals surface area contributed by atoms with E-state index < -0.39 is 15.6 Å². The van der Waals surface area contributed by atoms with E-state index >= 15 is 0 Å². The lowest BCUT2D eigenvalue weighted by Gasteiger charge is -2.47. The van der Waals surface area contributed by atoms with E-state index in [1.807, 2.05) is 0 Å².